The summed E-state index contributed by atoms with van der Waals surface area (Å²) < 4.78 is 32.2. The highest BCUT2D eigenvalue weighted by Gasteiger charge is 2.26. The summed E-state index contributed by atoms with van der Waals surface area (Å²) in [5, 5.41) is 6.27. The minimum absolute atomic E-state index is 0.0384. The molecule has 0 atom stereocenters. The van der Waals surface area contributed by atoms with Gasteiger partial charge in [0.15, 0.2) is 10.9 Å². The van der Waals surface area contributed by atoms with E-state index in [2.05, 4.69) is 10.6 Å². The molecule has 28 heavy (non-hydrogen) atoms. The molecule has 2 aromatic carbocycles. The van der Waals surface area contributed by atoms with Crippen molar-refractivity contribution < 1.29 is 17.9 Å². The van der Waals surface area contributed by atoms with E-state index in [-0.39, 0.29) is 10.7 Å². The first-order chi connectivity index (χ1) is 13.4. The molecule has 1 fully saturated rings. The van der Waals surface area contributed by atoms with Crippen LogP contribution in [-0.2, 0) is 14.8 Å². The van der Waals surface area contributed by atoms with Crippen LogP contribution in [0.1, 0.15) is 17.3 Å². The number of benzene rings is 2. The zero-order chi connectivity index (χ0) is 20.1. The van der Waals surface area contributed by atoms with Gasteiger partial charge in [0.05, 0.1) is 18.1 Å². The predicted octanol–water partition coefficient (Wildman–Crippen LogP) is 2.72. The summed E-state index contributed by atoms with van der Waals surface area (Å²) in [5.41, 5.74) is 1.79. The van der Waals surface area contributed by atoms with Crippen molar-refractivity contribution in [2.24, 2.45) is 0 Å². The summed E-state index contributed by atoms with van der Waals surface area (Å²) in [7, 11) is -3.58. The van der Waals surface area contributed by atoms with E-state index in [1.165, 1.54) is 11.2 Å². The van der Waals surface area contributed by atoms with Crippen molar-refractivity contribution in [3.63, 3.8) is 0 Å². The minimum Gasteiger partial charge on any atom is -0.379 e. The van der Waals surface area contributed by atoms with E-state index in [1.54, 1.807) is 48.5 Å². The number of hydrogen-bond acceptors (Lipinski definition) is 5. The number of Topliss-reactive ketones (excluding diaryl/α,β-unsaturated/α-hetero) is 1. The summed E-state index contributed by atoms with van der Waals surface area (Å²) in [6.45, 7) is 2.96. The van der Waals surface area contributed by atoms with E-state index >= 15 is 0 Å². The highest BCUT2D eigenvalue weighted by Crippen LogP contribution is 2.21. The molecular formula is C19H21N3O4S2. The van der Waals surface area contributed by atoms with Crippen molar-refractivity contribution >= 4 is 44.5 Å². The first-order valence-corrected chi connectivity index (χ1v) is 10.6. The fourth-order valence-electron chi connectivity index (χ4n) is 2.78. The summed E-state index contributed by atoms with van der Waals surface area (Å²) in [4.78, 5) is 11.7. The molecule has 9 heteroatoms. The number of nitrogens with zero attached hydrogens (tertiary/aromatic N) is 1. The number of hydrogen-bond donors (Lipinski definition) is 2. The van der Waals surface area contributed by atoms with Crippen LogP contribution in [-0.4, -0.2) is 49.9 Å². The Bertz CT molecular complexity index is 986. The SMILES string of the molecule is CC(=O)c1cccc(NC(=S)Nc2cccc(S(=O)(=O)N3CCOCC3)c2)c1. The number of ketones is 1. The fraction of sp³-hybridized carbons (Fsp3) is 0.263. The maximum Gasteiger partial charge on any atom is 0.243 e. The quantitative estimate of drug-likeness (QED) is 0.569. The van der Waals surface area contributed by atoms with Gasteiger partial charge in [-0.1, -0.05) is 18.2 Å². The van der Waals surface area contributed by atoms with Gasteiger partial charge >= 0.3 is 0 Å². The van der Waals surface area contributed by atoms with Crippen LogP contribution in [0.3, 0.4) is 0 Å². The summed E-state index contributed by atoms with van der Waals surface area (Å²) in [5.74, 6) is -0.0384. The predicted molar refractivity (Wildman–Crippen MR) is 112 cm³/mol. The molecule has 1 heterocycles. The van der Waals surface area contributed by atoms with Crippen LogP contribution >= 0.6 is 12.2 Å². The van der Waals surface area contributed by atoms with Gasteiger partial charge < -0.3 is 15.4 Å². The van der Waals surface area contributed by atoms with Crippen LogP contribution in [0.2, 0.25) is 0 Å². The lowest BCUT2D eigenvalue weighted by Gasteiger charge is -2.26. The van der Waals surface area contributed by atoms with Crippen LogP contribution in [0.5, 0.6) is 0 Å². The van der Waals surface area contributed by atoms with Gasteiger partial charge in [-0.15, -0.1) is 0 Å². The Balaban J connectivity index is 1.71. The van der Waals surface area contributed by atoms with E-state index in [0.29, 0.717) is 48.4 Å². The first kappa shape index (κ1) is 20.4. The lowest BCUT2D eigenvalue weighted by atomic mass is 10.1. The molecule has 0 spiro atoms. The molecule has 1 saturated heterocycles. The molecule has 2 N–H and O–H groups in total. The van der Waals surface area contributed by atoms with Crippen molar-refractivity contribution in [2.45, 2.75) is 11.8 Å². The van der Waals surface area contributed by atoms with Crippen LogP contribution in [0.15, 0.2) is 53.4 Å². The van der Waals surface area contributed by atoms with Crippen LogP contribution in [0, 0.1) is 0 Å². The van der Waals surface area contributed by atoms with E-state index in [4.69, 9.17) is 17.0 Å². The highest BCUT2D eigenvalue weighted by molar-refractivity contribution is 7.89. The van der Waals surface area contributed by atoms with Gasteiger partial charge in [-0.25, -0.2) is 8.42 Å². The summed E-state index contributed by atoms with van der Waals surface area (Å²) in [6.07, 6.45) is 0. The molecule has 1 aliphatic rings. The van der Waals surface area contributed by atoms with E-state index in [1.807, 2.05) is 0 Å². The molecule has 0 aliphatic carbocycles. The topological polar surface area (TPSA) is 87.7 Å². The zero-order valence-corrected chi connectivity index (χ0v) is 17.0. The molecule has 0 radical (unpaired) electrons. The Hall–Kier alpha value is -2.33. The average molecular weight is 420 g/mol. The molecule has 0 amide bonds. The highest BCUT2D eigenvalue weighted by atomic mass is 32.2. The third-order valence-electron chi connectivity index (χ3n) is 4.23. The van der Waals surface area contributed by atoms with Gasteiger partial charge in [-0.3, -0.25) is 4.79 Å². The Morgan fingerprint density at radius 3 is 2.29 bits per heavy atom. The summed E-state index contributed by atoms with van der Waals surface area (Å²) >= 11 is 5.31. The normalized spacial score (nSPS) is 15.0. The number of nitrogens with one attached hydrogen (secondary N) is 2. The average Bonchev–Trinajstić information content (AvgIpc) is 2.69. The zero-order valence-electron chi connectivity index (χ0n) is 15.3. The largest absolute Gasteiger partial charge is 0.379 e. The van der Waals surface area contributed by atoms with Crippen molar-refractivity contribution in [2.75, 3.05) is 36.9 Å². The van der Waals surface area contributed by atoms with Gasteiger partial charge in [0.1, 0.15) is 0 Å². The molecule has 0 bridgehead atoms. The molecular weight excluding hydrogens is 398 g/mol. The van der Waals surface area contributed by atoms with Crippen molar-refractivity contribution in [3.05, 3.63) is 54.1 Å². The van der Waals surface area contributed by atoms with Crippen molar-refractivity contribution in [1.82, 2.24) is 4.31 Å². The number of carbonyl (C=O) groups is 1. The first-order valence-electron chi connectivity index (χ1n) is 8.73. The number of rotatable bonds is 5. The van der Waals surface area contributed by atoms with Crippen LogP contribution in [0.4, 0.5) is 11.4 Å². The molecule has 0 unspecified atom stereocenters. The minimum atomic E-state index is -3.58. The maximum atomic E-state index is 12.8. The number of morpholine rings is 1. The van der Waals surface area contributed by atoms with Crippen LogP contribution < -0.4 is 10.6 Å². The Morgan fingerprint density at radius 2 is 1.64 bits per heavy atom. The second kappa shape index (κ2) is 8.78. The fourth-order valence-corrected chi connectivity index (χ4v) is 4.47. The number of sulfonamides is 1. The number of thiocarbonyl (C=S) groups is 1. The molecule has 3 rings (SSSR count). The standard InChI is InChI=1S/C19H21N3O4S2/c1-14(23)15-4-2-5-16(12-15)20-19(27)21-17-6-3-7-18(13-17)28(24,25)22-8-10-26-11-9-22/h2-7,12-13H,8-11H2,1H3,(H2,20,21,27). The second-order valence-corrected chi connectivity index (χ2v) is 8.61. The molecule has 148 valence electrons. The Labute approximate surface area is 169 Å². The lowest BCUT2D eigenvalue weighted by Crippen LogP contribution is -2.40. The maximum absolute atomic E-state index is 12.8. The van der Waals surface area contributed by atoms with Gasteiger partial charge in [0, 0.05) is 30.0 Å². The number of carbonyl (C=O) groups excluding carboxylic acids is 1. The summed E-state index contributed by atoms with van der Waals surface area (Å²) in [6, 6.07) is 13.5. The van der Waals surface area contributed by atoms with Crippen molar-refractivity contribution in [1.29, 1.82) is 0 Å². The van der Waals surface area contributed by atoms with Crippen molar-refractivity contribution in [3.8, 4) is 0 Å². The van der Waals surface area contributed by atoms with Gasteiger partial charge in [-0.2, -0.15) is 4.31 Å². The van der Waals surface area contributed by atoms with E-state index in [9.17, 15) is 13.2 Å². The van der Waals surface area contributed by atoms with Gasteiger partial charge in [0.2, 0.25) is 10.0 Å². The Kier molecular flexibility index (Phi) is 6.40. The molecule has 2 aromatic rings. The molecule has 7 nitrogen and oxygen atoms in total. The molecule has 1 aliphatic heterocycles. The number of anilines is 2. The number of ether oxygens (including phenoxy) is 1. The van der Waals surface area contributed by atoms with Crippen LogP contribution in [0.25, 0.3) is 0 Å². The Morgan fingerprint density at radius 1 is 1.04 bits per heavy atom. The third kappa shape index (κ3) is 4.93. The second-order valence-electron chi connectivity index (χ2n) is 6.26. The molecule has 0 aromatic heterocycles. The monoisotopic (exact) mass is 419 g/mol. The third-order valence-corrected chi connectivity index (χ3v) is 6.33. The van der Waals surface area contributed by atoms with Gasteiger partial charge in [-0.05, 0) is 49.5 Å². The lowest BCUT2D eigenvalue weighted by molar-refractivity contribution is 0.0730. The molecule has 0 saturated carbocycles. The smallest absolute Gasteiger partial charge is 0.243 e. The van der Waals surface area contributed by atoms with E-state index in [0.717, 1.165) is 0 Å². The van der Waals surface area contributed by atoms with Gasteiger partial charge in [0.25, 0.3) is 0 Å². The van der Waals surface area contributed by atoms with E-state index < -0.39 is 10.0 Å².